The van der Waals surface area contributed by atoms with Gasteiger partial charge in [0, 0.05) is 13.1 Å². The minimum atomic E-state index is 0. The Morgan fingerprint density at radius 1 is 1.39 bits per heavy atom. The number of nitrogens with one attached hydrogen (secondary N) is 2. The van der Waals surface area contributed by atoms with Crippen LogP contribution >= 0.6 is 24.0 Å². The highest BCUT2D eigenvalue weighted by atomic mass is 127. The molecule has 7 heteroatoms. The average Bonchev–Trinajstić information content (AvgIpc) is 2.68. The van der Waals surface area contributed by atoms with Gasteiger partial charge in [-0.25, -0.2) is 4.99 Å². The number of hydrogen-bond acceptors (Lipinski definition) is 4. The van der Waals surface area contributed by atoms with Crippen LogP contribution in [0.25, 0.3) is 0 Å². The minimum absolute atomic E-state index is 0. The molecule has 104 valence electrons. The lowest BCUT2D eigenvalue weighted by Gasteiger charge is -2.12. The molecule has 0 aliphatic carbocycles. The molecule has 0 saturated carbocycles. The lowest BCUT2D eigenvalue weighted by atomic mass is 10.2. The van der Waals surface area contributed by atoms with E-state index in [2.05, 4.69) is 39.6 Å². The van der Waals surface area contributed by atoms with E-state index in [9.17, 15) is 0 Å². The van der Waals surface area contributed by atoms with E-state index in [0.717, 1.165) is 19.0 Å². The topological polar surface area (TPSA) is 75.3 Å². The monoisotopic (exact) mass is 367 g/mol. The summed E-state index contributed by atoms with van der Waals surface area (Å²) >= 11 is 0. The van der Waals surface area contributed by atoms with Gasteiger partial charge in [0.05, 0.1) is 0 Å². The van der Waals surface area contributed by atoms with Crippen LogP contribution in [0, 0.1) is 12.8 Å². The number of aliphatic imine (C=N–C) groups is 1. The summed E-state index contributed by atoms with van der Waals surface area (Å²) in [7, 11) is 0. The van der Waals surface area contributed by atoms with Crippen molar-refractivity contribution < 1.29 is 4.52 Å². The standard InChI is InChI=1S/C11H21N5O.HI/c1-5-12-11(13-6-8(2)3)14-7-10-15-9(4)16-17-10;/h8H,5-7H2,1-4H3,(H2,12,13,14);1H. The second kappa shape index (κ2) is 9.12. The molecule has 6 nitrogen and oxygen atoms in total. The molecule has 0 bridgehead atoms. The Hall–Kier alpha value is -0.860. The van der Waals surface area contributed by atoms with Crippen LogP contribution in [0.15, 0.2) is 9.52 Å². The molecule has 1 heterocycles. The Labute approximate surface area is 125 Å². The fraction of sp³-hybridized carbons (Fsp3) is 0.727. The largest absolute Gasteiger partial charge is 0.357 e. The molecule has 0 fully saturated rings. The van der Waals surface area contributed by atoms with E-state index >= 15 is 0 Å². The normalized spacial score (nSPS) is 11.3. The first-order chi connectivity index (χ1) is 8.11. The van der Waals surface area contributed by atoms with Crippen LogP contribution in [0.4, 0.5) is 0 Å². The summed E-state index contributed by atoms with van der Waals surface area (Å²) in [5.41, 5.74) is 0. The summed E-state index contributed by atoms with van der Waals surface area (Å²) in [5.74, 6) is 2.51. The molecule has 0 radical (unpaired) electrons. The minimum Gasteiger partial charge on any atom is -0.357 e. The Balaban J connectivity index is 0.00000289. The lowest BCUT2D eigenvalue weighted by molar-refractivity contribution is 0.376. The van der Waals surface area contributed by atoms with E-state index in [0.29, 0.717) is 24.2 Å². The second-order valence-corrected chi connectivity index (χ2v) is 4.21. The maximum atomic E-state index is 4.99. The molecule has 0 unspecified atom stereocenters. The van der Waals surface area contributed by atoms with Gasteiger partial charge in [0.2, 0.25) is 5.89 Å². The van der Waals surface area contributed by atoms with Gasteiger partial charge in [-0.15, -0.1) is 24.0 Å². The quantitative estimate of drug-likeness (QED) is 0.471. The zero-order valence-electron chi connectivity index (χ0n) is 11.4. The van der Waals surface area contributed by atoms with Gasteiger partial charge in [0.1, 0.15) is 6.54 Å². The highest BCUT2D eigenvalue weighted by Gasteiger charge is 2.03. The molecule has 0 amide bonds. The van der Waals surface area contributed by atoms with Crippen molar-refractivity contribution in [2.24, 2.45) is 10.9 Å². The molecule has 18 heavy (non-hydrogen) atoms. The molecular formula is C11H22IN5O. The van der Waals surface area contributed by atoms with Crippen molar-refractivity contribution >= 4 is 29.9 Å². The van der Waals surface area contributed by atoms with Crippen molar-refractivity contribution in [1.82, 2.24) is 20.8 Å². The van der Waals surface area contributed by atoms with E-state index in [-0.39, 0.29) is 24.0 Å². The molecule has 0 spiro atoms. The Bertz CT molecular complexity index is 364. The number of nitrogens with zero attached hydrogens (tertiary/aromatic N) is 3. The van der Waals surface area contributed by atoms with Crippen molar-refractivity contribution in [3.05, 3.63) is 11.7 Å². The van der Waals surface area contributed by atoms with Gasteiger partial charge in [-0.2, -0.15) is 4.98 Å². The van der Waals surface area contributed by atoms with Crippen LogP contribution in [0.3, 0.4) is 0 Å². The zero-order chi connectivity index (χ0) is 12.7. The number of guanidine groups is 1. The second-order valence-electron chi connectivity index (χ2n) is 4.21. The summed E-state index contributed by atoms with van der Waals surface area (Å²) in [6.07, 6.45) is 0. The third-order valence-corrected chi connectivity index (χ3v) is 1.96. The first-order valence-corrected chi connectivity index (χ1v) is 5.93. The van der Waals surface area contributed by atoms with Gasteiger partial charge in [0.15, 0.2) is 11.8 Å². The smallest absolute Gasteiger partial charge is 0.248 e. The predicted molar refractivity (Wildman–Crippen MR) is 82.1 cm³/mol. The summed E-state index contributed by atoms with van der Waals surface area (Å²) < 4.78 is 4.99. The molecule has 0 atom stereocenters. The number of hydrogen-bond donors (Lipinski definition) is 2. The van der Waals surface area contributed by atoms with E-state index in [1.807, 2.05) is 6.92 Å². The summed E-state index contributed by atoms with van der Waals surface area (Å²) in [6, 6.07) is 0. The fourth-order valence-corrected chi connectivity index (χ4v) is 1.19. The summed E-state index contributed by atoms with van der Waals surface area (Å²) in [5, 5.41) is 10.1. The third kappa shape index (κ3) is 6.77. The number of aromatic nitrogens is 2. The van der Waals surface area contributed by atoms with E-state index in [1.165, 1.54) is 0 Å². The Kier molecular flexibility index (Phi) is 8.69. The van der Waals surface area contributed by atoms with Crippen LogP contribution in [0.5, 0.6) is 0 Å². The van der Waals surface area contributed by atoms with E-state index < -0.39 is 0 Å². The average molecular weight is 367 g/mol. The van der Waals surface area contributed by atoms with Gasteiger partial charge in [-0.3, -0.25) is 0 Å². The molecule has 0 aliphatic rings. The number of rotatable bonds is 5. The van der Waals surface area contributed by atoms with Crippen molar-refractivity contribution in [2.75, 3.05) is 13.1 Å². The van der Waals surface area contributed by atoms with Gasteiger partial charge in [-0.1, -0.05) is 19.0 Å². The van der Waals surface area contributed by atoms with E-state index in [4.69, 9.17) is 4.52 Å². The molecule has 0 saturated heterocycles. The SMILES string of the molecule is CCNC(=NCc1nc(C)no1)NCC(C)C.I. The van der Waals surface area contributed by atoms with Gasteiger partial charge >= 0.3 is 0 Å². The van der Waals surface area contributed by atoms with Crippen LogP contribution in [-0.4, -0.2) is 29.2 Å². The maximum Gasteiger partial charge on any atom is 0.248 e. The maximum absolute atomic E-state index is 4.99. The number of aryl methyl sites for hydroxylation is 1. The summed E-state index contributed by atoms with van der Waals surface area (Å²) in [6.45, 7) is 10.2. The molecule has 0 aliphatic heterocycles. The van der Waals surface area contributed by atoms with Crippen LogP contribution in [0.2, 0.25) is 0 Å². The summed E-state index contributed by atoms with van der Waals surface area (Å²) in [4.78, 5) is 8.46. The van der Waals surface area contributed by atoms with Gasteiger partial charge in [0.25, 0.3) is 0 Å². The van der Waals surface area contributed by atoms with Crippen LogP contribution in [0.1, 0.15) is 32.5 Å². The Morgan fingerprint density at radius 2 is 2.11 bits per heavy atom. The van der Waals surface area contributed by atoms with Crippen LogP contribution < -0.4 is 10.6 Å². The Morgan fingerprint density at radius 3 is 2.61 bits per heavy atom. The molecule has 1 aromatic rings. The molecule has 2 N–H and O–H groups in total. The highest BCUT2D eigenvalue weighted by molar-refractivity contribution is 14.0. The first kappa shape index (κ1) is 17.1. The third-order valence-electron chi connectivity index (χ3n) is 1.96. The first-order valence-electron chi connectivity index (χ1n) is 5.93. The van der Waals surface area contributed by atoms with Crippen molar-refractivity contribution in [3.63, 3.8) is 0 Å². The molecule has 1 aromatic heterocycles. The molecular weight excluding hydrogens is 345 g/mol. The van der Waals surface area contributed by atoms with E-state index in [1.54, 1.807) is 6.92 Å². The van der Waals surface area contributed by atoms with Gasteiger partial charge in [-0.05, 0) is 19.8 Å². The van der Waals surface area contributed by atoms with Crippen molar-refractivity contribution in [2.45, 2.75) is 34.2 Å². The highest BCUT2D eigenvalue weighted by Crippen LogP contribution is 1.97. The van der Waals surface area contributed by atoms with Crippen molar-refractivity contribution in [1.29, 1.82) is 0 Å². The predicted octanol–water partition coefficient (Wildman–Crippen LogP) is 1.71. The molecule has 1 rings (SSSR count). The fourth-order valence-electron chi connectivity index (χ4n) is 1.19. The molecule has 0 aromatic carbocycles. The lowest BCUT2D eigenvalue weighted by Crippen LogP contribution is -2.39. The van der Waals surface area contributed by atoms with Crippen LogP contribution in [-0.2, 0) is 6.54 Å². The van der Waals surface area contributed by atoms with Crippen molar-refractivity contribution in [3.8, 4) is 0 Å². The number of halogens is 1. The zero-order valence-corrected chi connectivity index (χ0v) is 13.7. The van der Waals surface area contributed by atoms with Gasteiger partial charge < -0.3 is 15.2 Å².